The van der Waals surface area contributed by atoms with E-state index >= 15 is 0 Å². The Labute approximate surface area is 146 Å². The molecule has 4 N–H and O–H groups in total. The van der Waals surface area contributed by atoms with Crippen molar-refractivity contribution in [1.82, 2.24) is 15.5 Å². The molecule has 1 aliphatic rings. The van der Waals surface area contributed by atoms with Crippen LogP contribution in [0.25, 0.3) is 0 Å². The molecule has 4 amide bonds. The van der Waals surface area contributed by atoms with Crippen LogP contribution >= 0.6 is 0 Å². The number of imide groups is 1. The minimum Gasteiger partial charge on any atom is -0.394 e. The summed E-state index contributed by atoms with van der Waals surface area (Å²) in [6, 6.07) is 6.17. The lowest BCUT2D eigenvalue weighted by atomic mass is 10.1. The van der Waals surface area contributed by atoms with E-state index in [0.717, 1.165) is 12.8 Å². The number of para-hydroxylation sites is 1. The Hall–Kier alpha value is -2.61. The highest BCUT2D eigenvalue weighted by Gasteiger charge is 2.29. The zero-order chi connectivity index (χ0) is 18.2. The highest BCUT2D eigenvalue weighted by Crippen LogP contribution is 2.23. The molecule has 0 aromatic heterocycles. The van der Waals surface area contributed by atoms with E-state index in [0.29, 0.717) is 24.3 Å². The number of aliphatic hydroxyl groups is 1. The Bertz CT molecular complexity index is 635. The molecular formula is C17H24N4O4. The van der Waals surface area contributed by atoms with Gasteiger partial charge in [-0.25, -0.2) is 4.79 Å². The average Bonchev–Trinajstić information content (AvgIpc) is 3.08. The molecule has 0 saturated carbocycles. The third-order valence-electron chi connectivity index (χ3n) is 4.04. The second-order valence-corrected chi connectivity index (χ2v) is 5.78. The summed E-state index contributed by atoms with van der Waals surface area (Å²) in [7, 11) is 0. The molecule has 0 spiro atoms. The van der Waals surface area contributed by atoms with Gasteiger partial charge >= 0.3 is 6.03 Å². The molecule has 1 heterocycles. The number of urea groups is 1. The van der Waals surface area contributed by atoms with Gasteiger partial charge in [-0.05, 0) is 31.9 Å². The molecule has 0 bridgehead atoms. The first-order valence-corrected chi connectivity index (χ1v) is 8.39. The van der Waals surface area contributed by atoms with Gasteiger partial charge in [0.15, 0.2) is 0 Å². The SMILES string of the molecule is CCNC(=O)NC(=O)CNc1ccccc1C(=O)N1CCC[C@H]1CO. The van der Waals surface area contributed by atoms with Crippen LogP contribution in [0, 0.1) is 0 Å². The Balaban J connectivity index is 2.01. The summed E-state index contributed by atoms with van der Waals surface area (Å²) in [5.74, 6) is -0.675. The summed E-state index contributed by atoms with van der Waals surface area (Å²) >= 11 is 0. The van der Waals surface area contributed by atoms with E-state index in [9.17, 15) is 19.5 Å². The summed E-state index contributed by atoms with van der Waals surface area (Å²) in [5.41, 5.74) is 0.954. The molecular weight excluding hydrogens is 324 g/mol. The molecule has 0 radical (unpaired) electrons. The van der Waals surface area contributed by atoms with Crippen LogP contribution in [0.5, 0.6) is 0 Å². The van der Waals surface area contributed by atoms with Crippen molar-refractivity contribution in [3.05, 3.63) is 29.8 Å². The normalized spacial score (nSPS) is 16.4. The van der Waals surface area contributed by atoms with Crippen molar-refractivity contribution in [1.29, 1.82) is 0 Å². The first kappa shape index (κ1) is 18.7. The summed E-state index contributed by atoms with van der Waals surface area (Å²) in [4.78, 5) is 37.5. The summed E-state index contributed by atoms with van der Waals surface area (Å²) in [6.07, 6.45) is 1.65. The van der Waals surface area contributed by atoms with Gasteiger partial charge in [0.25, 0.3) is 5.91 Å². The fraction of sp³-hybridized carbons (Fsp3) is 0.471. The molecule has 1 aromatic carbocycles. The number of carbonyl (C=O) groups excluding carboxylic acids is 3. The van der Waals surface area contributed by atoms with Crippen LogP contribution in [0.2, 0.25) is 0 Å². The molecule has 0 unspecified atom stereocenters. The molecule has 1 atom stereocenters. The second kappa shape index (κ2) is 9.03. The van der Waals surface area contributed by atoms with Crippen molar-refractivity contribution in [2.75, 3.05) is 31.6 Å². The predicted octanol–water partition coefficient (Wildman–Crippen LogP) is 0.541. The van der Waals surface area contributed by atoms with E-state index in [2.05, 4.69) is 16.0 Å². The van der Waals surface area contributed by atoms with E-state index < -0.39 is 11.9 Å². The molecule has 8 heteroatoms. The number of anilines is 1. The molecule has 1 fully saturated rings. The van der Waals surface area contributed by atoms with Crippen LogP contribution in [0.4, 0.5) is 10.5 Å². The van der Waals surface area contributed by atoms with E-state index in [4.69, 9.17) is 0 Å². The highest BCUT2D eigenvalue weighted by atomic mass is 16.3. The predicted molar refractivity (Wildman–Crippen MR) is 93.3 cm³/mol. The first-order valence-electron chi connectivity index (χ1n) is 8.39. The van der Waals surface area contributed by atoms with Gasteiger partial charge in [-0.3, -0.25) is 14.9 Å². The van der Waals surface area contributed by atoms with Gasteiger partial charge in [0.2, 0.25) is 5.91 Å². The molecule has 25 heavy (non-hydrogen) atoms. The Kier molecular flexibility index (Phi) is 6.76. The number of benzene rings is 1. The van der Waals surface area contributed by atoms with Gasteiger partial charge in [0.1, 0.15) is 0 Å². The zero-order valence-electron chi connectivity index (χ0n) is 14.2. The lowest BCUT2D eigenvalue weighted by Gasteiger charge is -2.24. The number of likely N-dealkylation sites (tertiary alicyclic amines) is 1. The van der Waals surface area contributed by atoms with Crippen LogP contribution in [0.1, 0.15) is 30.1 Å². The second-order valence-electron chi connectivity index (χ2n) is 5.78. The zero-order valence-corrected chi connectivity index (χ0v) is 14.2. The quantitative estimate of drug-likeness (QED) is 0.600. The minimum atomic E-state index is -0.554. The largest absolute Gasteiger partial charge is 0.394 e. The molecule has 1 aromatic rings. The standard InChI is InChI=1S/C17H24N4O4/c1-2-18-17(25)20-15(23)10-19-14-8-4-3-7-13(14)16(24)21-9-5-6-12(21)11-22/h3-4,7-8,12,19,22H,2,5-6,9-11H2,1H3,(H2,18,20,23,25)/t12-/m0/s1. The van der Waals surface area contributed by atoms with Crippen LogP contribution in [-0.2, 0) is 4.79 Å². The van der Waals surface area contributed by atoms with Crippen molar-refractivity contribution in [3.63, 3.8) is 0 Å². The van der Waals surface area contributed by atoms with Crippen molar-refractivity contribution < 1.29 is 19.5 Å². The van der Waals surface area contributed by atoms with Crippen molar-refractivity contribution in [2.24, 2.45) is 0 Å². The Morgan fingerprint density at radius 1 is 1.28 bits per heavy atom. The third kappa shape index (κ3) is 4.93. The topological polar surface area (TPSA) is 111 Å². The van der Waals surface area contributed by atoms with Crippen molar-refractivity contribution in [2.45, 2.75) is 25.8 Å². The number of hydrogen-bond donors (Lipinski definition) is 4. The maximum Gasteiger partial charge on any atom is 0.321 e. The minimum absolute atomic E-state index is 0.0592. The van der Waals surface area contributed by atoms with E-state index in [-0.39, 0.29) is 25.1 Å². The number of aliphatic hydroxyl groups excluding tert-OH is 1. The number of nitrogens with one attached hydrogen (secondary N) is 3. The fourth-order valence-electron chi connectivity index (χ4n) is 2.82. The lowest BCUT2D eigenvalue weighted by Crippen LogP contribution is -2.42. The average molecular weight is 348 g/mol. The molecule has 1 saturated heterocycles. The molecule has 1 aliphatic heterocycles. The first-order chi connectivity index (χ1) is 12.1. The highest BCUT2D eigenvalue weighted by molar-refractivity contribution is 6.01. The van der Waals surface area contributed by atoms with E-state index in [1.165, 1.54) is 0 Å². The Morgan fingerprint density at radius 3 is 2.76 bits per heavy atom. The number of nitrogens with zero attached hydrogens (tertiary/aromatic N) is 1. The molecule has 0 aliphatic carbocycles. The van der Waals surface area contributed by atoms with Crippen LogP contribution < -0.4 is 16.0 Å². The van der Waals surface area contributed by atoms with Gasteiger partial charge in [0.05, 0.1) is 24.8 Å². The van der Waals surface area contributed by atoms with Crippen LogP contribution in [0.3, 0.4) is 0 Å². The maximum absolute atomic E-state index is 12.8. The smallest absolute Gasteiger partial charge is 0.321 e. The van der Waals surface area contributed by atoms with Crippen LogP contribution in [-0.4, -0.2) is 60.1 Å². The van der Waals surface area contributed by atoms with Crippen LogP contribution in [0.15, 0.2) is 24.3 Å². The number of rotatable bonds is 6. The number of carbonyl (C=O) groups is 3. The van der Waals surface area contributed by atoms with E-state index in [1.807, 2.05) is 0 Å². The number of hydrogen-bond acceptors (Lipinski definition) is 5. The molecule has 8 nitrogen and oxygen atoms in total. The van der Waals surface area contributed by atoms with Gasteiger partial charge in [0, 0.05) is 18.8 Å². The maximum atomic E-state index is 12.8. The monoisotopic (exact) mass is 348 g/mol. The number of amides is 4. The lowest BCUT2D eigenvalue weighted by molar-refractivity contribution is -0.118. The van der Waals surface area contributed by atoms with Crippen molar-refractivity contribution >= 4 is 23.5 Å². The van der Waals surface area contributed by atoms with Gasteiger partial charge < -0.3 is 20.6 Å². The van der Waals surface area contributed by atoms with E-state index in [1.54, 1.807) is 36.1 Å². The summed E-state index contributed by atoms with van der Waals surface area (Å²) in [6.45, 7) is 2.59. The van der Waals surface area contributed by atoms with Crippen molar-refractivity contribution in [3.8, 4) is 0 Å². The Morgan fingerprint density at radius 2 is 2.04 bits per heavy atom. The fourth-order valence-corrected chi connectivity index (χ4v) is 2.82. The summed E-state index contributed by atoms with van der Waals surface area (Å²) in [5, 5.41) is 17.0. The summed E-state index contributed by atoms with van der Waals surface area (Å²) < 4.78 is 0. The molecule has 2 rings (SSSR count). The van der Waals surface area contributed by atoms with Gasteiger partial charge in [-0.2, -0.15) is 0 Å². The third-order valence-corrected chi connectivity index (χ3v) is 4.04. The van der Waals surface area contributed by atoms with Gasteiger partial charge in [-0.1, -0.05) is 12.1 Å². The van der Waals surface area contributed by atoms with Gasteiger partial charge in [-0.15, -0.1) is 0 Å². The molecule has 136 valence electrons.